The molecule has 3 aromatic carbocycles. The number of benzene rings is 3. The smallest absolute Gasteiger partial charge is 0.341 e. The van der Waals surface area contributed by atoms with Crippen LogP contribution in [0.25, 0.3) is 0 Å². The van der Waals surface area contributed by atoms with Crippen LogP contribution >= 0.6 is 0 Å². The number of esters is 1. The minimum atomic E-state index is -0.820. The first-order valence-electron chi connectivity index (χ1n) is 12.0. The van der Waals surface area contributed by atoms with Crippen molar-refractivity contribution in [3.8, 4) is 23.0 Å². The van der Waals surface area contributed by atoms with Gasteiger partial charge in [-0.2, -0.15) is 0 Å². The van der Waals surface area contributed by atoms with Gasteiger partial charge in [-0.05, 0) is 41.5 Å². The maximum absolute atomic E-state index is 11.6. The summed E-state index contributed by atoms with van der Waals surface area (Å²) in [5.74, 6) is -1.11. The average Bonchev–Trinajstić information content (AvgIpc) is 2.91. The number of aromatic hydroxyl groups is 2. The van der Waals surface area contributed by atoms with Crippen molar-refractivity contribution in [3.63, 3.8) is 0 Å². The third kappa shape index (κ3) is 7.61. The van der Waals surface area contributed by atoms with Crippen molar-refractivity contribution in [1.82, 2.24) is 5.32 Å². The van der Waals surface area contributed by atoms with Crippen LogP contribution in [0.2, 0.25) is 0 Å². The number of ether oxygens (including phenoxy) is 3. The number of phenolic OH excluding ortho intramolecular Hbond substituents is 1. The molecule has 0 aromatic heterocycles. The second kappa shape index (κ2) is 13.3. The lowest BCUT2D eigenvalue weighted by Gasteiger charge is -2.19. The Morgan fingerprint density at radius 3 is 2.32 bits per heavy atom. The van der Waals surface area contributed by atoms with Crippen LogP contribution in [0.5, 0.6) is 23.0 Å². The second-order valence-electron chi connectivity index (χ2n) is 8.72. The van der Waals surface area contributed by atoms with Gasteiger partial charge in [0.15, 0.2) is 0 Å². The van der Waals surface area contributed by atoms with Crippen molar-refractivity contribution in [2.24, 2.45) is 5.73 Å². The van der Waals surface area contributed by atoms with E-state index in [-0.39, 0.29) is 41.7 Å². The molecule has 1 amide bonds. The molecule has 0 saturated carbocycles. The number of carbonyl (C=O) groups excluding carboxylic acids is 2. The maximum atomic E-state index is 11.6. The number of aliphatic hydroxyl groups excluding tert-OH is 1. The van der Waals surface area contributed by atoms with Gasteiger partial charge < -0.3 is 40.6 Å². The van der Waals surface area contributed by atoms with Crippen LogP contribution in [0.3, 0.4) is 0 Å². The number of nitrogens with two attached hydrogens (primary N) is 1. The van der Waals surface area contributed by atoms with Crippen LogP contribution in [0.4, 0.5) is 0 Å². The lowest BCUT2D eigenvalue weighted by Crippen LogP contribution is -2.31. The minimum absolute atomic E-state index is 0.00250. The SMILES string of the molecule is COC(=O)c1ccc(OCC(O)CNCc2ccccc2C(C)COc2ccc(O)c(C(N)=O)c2)cc1O. The van der Waals surface area contributed by atoms with Gasteiger partial charge in [0.1, 0.15) is 41.3 Å². The molecule has 3 aromatic rings. The fraction of sp³-hybridized carbons (Fsp3) is 0.286. The molecule has 0 bridgehead atoms. The van der Waals surface area contributed by atoms with Crippen molar-refractivity contribution in [2.45, 2.75) is 25.5 Å². The quantitative estimate of drug-likeness (QED) is 0.212. The Hall–Kier alpha value is -4.28. The molecule has 10 nitrogen and oxygen atoms in total. The molecule has 0 saturated heterocycles. The van der Waals surface area contributed by atoms with E-state index in [4.69, 9.17) is 15.2 Å². The van der Waals surface area contributed by atoms with Gasteiger partial charge in [0.25, 0.3) is 5.91 Å². The predicted octanol–water partition coefficient (Wildman–Crippen LogP) is 2.70. The summed E-state index contributed by atoms with van der Waals surface area (Å²) in [7, 11) is 1.22. The molecule has 10 heteroatoms. The number of amides is 1. The highest BCUT2D eigenvalue weighted by molar-refractivity contribution is 5.96. The van der Waals surface area contributed by atoms with E-state index in [1.54, 1.807) is 6.07 Å². The fourth-order valence-corrected chi connectivity index (χ4v) is 3.80. The third-order valence-corrected chi connectivity index (χ3v) is 5.83. The van der Waals surface area contributed by atoms with E-state index in [1.165, 1.54) is 37.4 Å². The zero-order valence-electron chi connectivity index (χ0n) is 21.2. The lowest BCUT2D eigenvalue weighted by atomic mass is 9.96. The highest BCUT2D eigenvalue weighted by atomic mass is 16.5. The first-order valence-corrected chi connectivity index (χ1v) is 12.0. The highest BCUT2D eigenvalue weighted by Gasteiger charge is 2.15. The number of carbonyl (C=O) groups is 2. The summed E-state index contributed by atoms with van der Waals surface area (Å²) < 4.78 is 15.9. The Balaban J connectivity index is 1.49. The van der Waals surface area contributed by atoms with Crippen LogP contribution in [0.1, 0.15) is 44.7 Å². The number of hydrogen-bond donors (Lipinski definition) is 5. The van der Waals surface area contributed by atoms with Gasteiger partial charge in [-0.15, -0.1) is 0 Å². The van der Waals surface area contributed by atoms with Crippen LogP contribution in [0.15, 0.2) is 60.7 Å². The normalized spacial score (nSPS) is 12.4. The van der Waals surface area contributed by atoms with Crippen molar-refractivity contribution < 1.29 is 39.1 Å². The topological polar surface area (TPSA) is 161 Å². The first kappa shape index (κ1) is 28.3. The van der Waals surface area contributed by atoms with E-state index < -0.39 is 18.0 Å². The summed E-state index contributed by atoms with van der Waals surface area (Å²) in [5.41, 5.74) is 7.39. The van der Waals surface area contributed by atoms with Crippen molar-refractivity contribution >= 4 is 11.9 Å². The Kier molecular flexibility index (Phi) is 9.92. The fourth-order valence-electron chi connectivity index (χ4n) is 3.80. The summed E-state index contributed by atoms with van der Waals surface area (Å²) >= 11 is 0. The molecule has 2 unspecified atom stereocenters. The molecule has 0 radical (unpaired) electrons. The van der Waals surface area contributed by atoms with Gasteiger partial charge in [0, 0.05) is 25.1 Å². The van der Waals surface area contributed by atoms with E-state index in [0.717, 1.165) is 11.1 Å². The summed E-state index contributed by atoms with van der Waals surface area (Å²) in [5, 5.41) is 33.2. The largest absolute Gasteiger partial charge is 0.507 e. The first-order chi connectivity index (χ1) is 18.2. The molecular formula is C28H32N2O8. The van der Waals surface area contributed by atoms with Crippen LogP contribution < -0.4 is 20.5 Å². The van der Waals surface area contributed by atoms with E-state index in [1.807, 2.05) is 31.2 Å². The van der Waals surface area contributed by atoms with Gasteiger partial charge in [-0.3, -0.25) is 4.79 Å². The summed E-state index contributed by atoms with van der Waals surface area (Å²) in [6, 6.07) is 16.4. The molecule has 0 heterocycles. The molecule has 0 fully saturated rings. The van der Waals surface area contributed by atoms with Crippen molar-refractivity contribution in [3.05, 3.63) is 82.9 Å². The summed E-state index contributed by atoms with van der Waals surface area (Å²) in [4.78, 5) is 23.0. The molecule has 0 aliphatic carbocycles. The number of primary amides is 1. The second-order valence-corrected chi connectivity index (χ2v) is 8.72. The van der Waals surface area contributed by atoms with Gasteiger partial charge in [-0.25, -0.2) is 4.79 Å². The number of methoxy groups -OCH3 is 1. The monoisotopic (exact) mass is 524 g/mol. The van der Waals surface area contributed by atoms with Crippen LogP contribution in [0, 0.1) is 0 Å². The van der Waals surface area contributed by atoms with Crippen LogP contribution in [-0.4, -0.2) is 60.2 Å². The number of hydrogen-bond acceptors (Lipinski definition) is 9. The number of rotatable bonds is 13. The molecule has 3 rings (SSSR count). The molecule has 0 spiro atoms. The van der Waals surface area contributed by atoms with Gasteiger partial charge in [0.2, 0.25) is 0 Å². The summed E-state index contributed by atoms with van der Waals surface area (Å²) in [6.07, 6.45) is -0.820. The van der Waals surface area contributed by atoms with Gasteiger partial charge in [0.05, 0.1) is 19.3 Å². The average molecular weight is 525 g/mol. The Bertz CT molecular complexity index is 1260. The van der Waals surface area contributed by atoms with Gasteiger partial charge in [-0.1, -0.05) is 31.2 Å². The maximum Gasteiger partial charge on any atom is 0.341 e. The molecule has 202 valence electrons. The molecular weight excluding hydrogens is 492 g/mol. The Morgan fingerprint density at radius 1 is 0.921 bits per heavy atom. The third-order valence-electron chi connectivity index (χ3n) is 5.83. The molecule has 0 aliphatic rings. The molecule has 0 aliphatic heterocycles. The van der Waals surface area contributed by atoms with E-state index in [0.29, 0.717) is 24.7 Å². The van der Waals surface area contributed by atoms with E-state index >= 15 is 0 Å². The number of nitrogens with one attached hydrogen (secondary N) is 1. The minimum Gasteiger partial charge on any atom is -0.507 e. The summed E-state index contributed by atoms with van der Waals surface area (Å²) in [6.45, 7) is 3.08. The molecule has 38 heavy (non-hydrogen) atoms. The molecule has 6 N–H and O–H groups in total. The van der Waals surface area contributed by atoms with E-state index in [2.05, 4.69) is 10.1 Å². The standard InChI is InChI=1S/C28H32N2O8/c1-17(15-37-20-8-10-25(32)24(11-20)27(29)34)22-6-4-3-5-18(22)13-30-14-19(31)16-38-21-7-9-23(26(33)12-21)28(35)36-2/h3-12,17,19,30-33H,13-16H2,1-2H3,(H2,29,34). The predicted molar refractivity (Wildman–Crippen MR) is 140 cm³/mol. The van der Waals surface area contributed by atoms with Gasteiger partial charge >= 0.3 is 5.97 Å². The van der Waals surface area contributed by atoms with Crippen LogP contribution in [-0.2, 0) is 11.3 Å². The van der Waals surface area contributed by atoms with Crippen molar-refractivity contribution in [1.29, 1.82) is 0 Å². The number of aliphatic hydroxyl groups is 1. The lowest BCUT2D eigenvalue weighted by molar-refractivity contribution is 0.0597. The van der Waals surface area contributed by atoms with Crippen molar-refractivity contribution in [2.75, 3.05) is 26.9 Å². The molecule has 2 atom stereocenters. The Labute approximate surface area is 220 Å². The zero-order chi connectivity index (χ0) is 27.7. The Morgan fingerprint density at radius 2 is 1.61 bits per heavy atom. The zero-order valence-corrected chi connectivity index (χ0v) is 21.2. The highest BCUT2D eigenvalue weighted by Crippen LogP contribution is 2.26. The number of phenols is 2. The van der Waals surface area contributed by atoms with E-state index in [9.17, 15) is 24.9 Å².